The zero-order valence-electron chi connectivity index (χ0n) is 12.8. The van der Waals surface area contributed by atoms with Crippen LogP contribution in [0, 0.1) is 5.82 Å². The summed E-state index contributed by atoms with van der Waals surface area (Å²) in [6, 6.07) is 12.6. The van der Waals surface area contributed by atoms with Gasteiger partial charge >= 0.3 is 6.03 Å². The van der Waals surface area contributed by atoms with Gasteiger partial charge in [0.25, 0.3) is 0 Å². The fourth-order valence-corrected chi connectivity index (χ4v) is 2.59. The third-order valence-corrected chi connectivity index (χ3v) is 3.83. The van der Waals surface area contributed by atoms with Crippen LogP contribution in [0.1, 0.15) is 5.56 Å². The highest BCUT2D eigenvalue weighted by Gasteiger charge is 2.12. The average molecular weight is 379 g/mol. The number of nitrogens with zero attached hydrogens (tertiary/aromatic N) is 2. The van der Waals surface area contributed by atoms with Crippen molar-refractivity contribution in [3.8, 4) is 0 Å². The number of hydrogen-bond acceptors (Lipinski definition) is 2. The third kappa shape index (κ3) is 4.49. The second-order valence-electron chi connectivity index (χ2n) is 5.20. The first-order valence-electron chi connectivity index (χ1n) is 7.31. The summed E-state index contributed by atoms with van der Waals surface area (Å²) < 4.78 is 15.2. The molecule has 0 aliphatic heterocycles. The Bertz CT molecular complexity index is 913. The average Bonchev–Trinajstić information content (AvgIpc) is 2.89. The van der Waals surface area contributed by atoms with E-state index in [4.69, 9.17) is 23.2 Å². The molecule has 0 aliphatic carbocycles. The first-order chi connectivity index (χ1) is 12.0. The Hall–Kier alpha value is -2.57. The zero-order chi connectivity index (χ0) is 17.8. The van der Waals surface area contributed by atoms with E-state index in [0.29, 0.717) is 16.3 Å². The van der Waals surface area contributed by atoms with Gasteiger partial charge in [0, 0.05) is 22.5 Å². The standard InChI is InChI=1S/C17H13Cl2FN4O/c18-12-5-3-6-13(8-12)21-17(25)22-16-14(19)10-24(23-16)9-11-4-1-2-7-15(11)20/h1-8,10H,9H2,(H2,21,22,23,25). The predicted octanol–water partition coefficient (Wildman–Crippen LogP) is 5.02. The summed E-state index contributed by atoms with van der Waals surface area (Å²) in [4.78, 5) is 12.0. The van der Waals surface area contributed by atoms with Gasteiger partial charge in [-0.3, -0.25) is 10.00 Å². The lowest BCUT2D eigenvalue weighted by Gasteiger charge is -2.06. The van der Waals surface area contributed by atoms with Gasteiger partial charge in [0.2, 0.25) is 0 Å². The number of anilines is 2. The van der Waals surface area contributed by atoms with E-state index in [1.165, 1.54) is 16.9 Å². The van der Waals surface area contributed by atoms with Crippen molar-refractivity contribution in [2.75, 3.05) is 10.6 Å². The SMILES string of the molecule is O=C(Nc1cccc(Cl)c1)Nc1nn(Cc2ccccc2F)cc1Cl. The highest BCUT2D eigenvalue weighted by atomic mass is 35.5. The number of rotatable bonds is 4. The van der Waals surface area contributed by atoms with Gasteiger partial charge in [-0.25, -0.2) is 9.18 Å². The van der Waals surface area contributed by atoms with E-state index in [9.17, 15) is 9.18 Å². The van der Waals surface area contributed by atoms with Crippen molar-refractivity contribution >= 4 is 40.7 Å². The van der Waals surface area contributed by atoms with Crippen molar-refractivity contribution in [3.63, 3.8) is 0 Å². The van der Waals surface area contributed by atoms with Gasteiger partial charge in [-0.2, -0.15) is 5.10 Å². The van der Waals surface area contributed by atoms with E-state index >= 15 is 0 Å². The van der Waals surface area contributed by atoms with Gasteiger partial charge in [0.1, 0.15) is 10.8 Å². The molecule has 2 N–H and O–H groups in total. The van der Waals surface area contributed by atoms with Crippen molar-refractivity contribution in [2.24, 2.45) is 0 Å². The number of nitrogens with one attached hydrogen (secondary N) is 2. The van der Waals surface area contributed by atoms with Crippen LogP contribution in [0.15, 0.2) is 54.7 Å². The van der Waals surface area contributed by atoms with E-state index < -0.39 is 6.03 Å². The molecule has 0 fully saturated rings. The second kappa shape index (κ2) is 7.55. The molecule has 0 bridgehead atoms. The van der Waals surface area contributed by atoms with Crippen LogP contribution in [0.3, 0.4) is 0 Å². The van der Waals surface area contributed by atoms with Crippen LogP contribution in [0.5, 0.6) is 0 Å². The summed E-state index contributed by atoms with van der Waals surface area (Å²) in [5.74, 6) is -0.153. The molecule has 3 rings (SSSR count). The summed E-state index contributed by atoms with van der Waals surface area (Å²) in [5, 5.41) is 10.1. The van der Waals surface area contributed by atoms with E-state index in [0.717, 1.165) is 0 Å². The van der Waals surface area contributed by atoms with Gasteiger partial charge in [0.15, 0.2) is 5.82 Å². The maximum atomic E-state index is 13.7. The Morgan fingerprint density at radius 3 is 2.68 bits per heavy atom. The van der Waals surface area contributed by atoms with E-state index in [2.05, 4.69) is 15.7 Å². The molecule has 0 aliphatic rings. The van der Waals surface area contributed by atoms with Crippen molar-refractivity contribution < 1.29 is 9.18 Å². The summed E-state index contributed by atoms with van der Waals surface area (Å²) in [6.45, 7) is 0.198. The Kier molecular flexibility index (Phi) is 5.21. The monoisotopic (exact) mass is 378 g/mol. The minimum absolute atomic E-state index is 0.178. The Morgan fingerprint density at radius 1 is 1.12 bits per heavy atom. The van der Waals surface area contributed by atoms with Crippen LogP contribution < -0.4 is 10.6 Å². The zero-order valence-corrected chi connectivity index (χ0v) is 14.4. The Labute approximate surface area is 153 Å². The Morgan fingerprint density at radius 2 is 1.92 bits per heavy atom. The fourth-order valence-electron chi connectivity index (χ4n) is 2.20. The molecule has 0 radical (unpaired) electrons. The molecule has 0 atom stereocenters. The second-order valence-corrected chi connectivity index (χ2v) is 6.05. The van der Waals surface area contributed by atoms with E-state index in [-0.39, 0.29) is 23.2 Å². The number of aromatic nitrogens is 2. The lowest BCUT2D eigenvalue weighted by Crippen LogP contribution is -2.20. The molecule has 5 nitrogen and oxygen atoms in total. The summed E-state index contributed by atoms with van der Waals surface area (Å²) in [5.41, 5.74) is 1.00. The molecule has 2 aromatic carbocycles. The summed E-state index contributed by atoms with van der Waals surface area (Å²) in [6.07, 6.45) is 1.52. The molecule has 0 saturated heterocycles. The third-order valence-electron chi connectivity index (χ3n) is 3.32. The van der Waals surface area contributed by atoms with Gasteiger partial charge < -0.3 is 5.32 Å². The lowest BCUT2D eigenvalue weighted by molar-refractivity contribution is 0.262. The van der Waals surface area contributed by atoms with E-state index in [1.807, 2.05) is 0 Å². The van der Waals surface area contributed by atoms with Crippen molar-refractivity contribution in [1.82, 2.24) is 9.78 Å². The van der Waals surface area contributed by atoms with E-state index in [1.54, 1.807) is 42.5 Å². The molecule has 3 aromatic rings. The van der Waals surface area contributed by atoms with Crippen LogP contribution in [0.2, 0.25) is 10.0 Å². The smallest absolute Gasteiger partial charge is 0.308 e. The molecular weight excluding hydrogens is 366 g/mol. The van der Waals surface area contributed by atoms with Gasteiger partial charge in [-0.05, 0) is 24.3 Å². The van der Waals surface area contributed by atoms with Crippen LogP contribution in [0.4, 0.5) is 20.7 Å². The molecule has 25 heavy (non-hydrogen) atoms. The number of carbonyl (C=O) groups excluding carboxylic acids is 1. The molecule has 1 aromatic heterocycles. The first kappa shape index (κ1) is 17.3. The molecule has 0 unspecified atom stereocenters. The number of benzene rings is 2. The van der Waals surface area contributed by atoms with Crippen LogP contribution in [-0.2, 0) is 6.54 Å². The first-order valence-corrected chi connectivity index (χ1v) is 8.07. The number of urea groups is 1. The molecular formula is C17H13Cl2FN4O. The van der Waals surface area contributed by atoms with Gasteiger partial charge in [-0.15, -0.1) is 0 Å². The number of hydrogen-bond donors (Lipinski definition) is 2. The normalized spacial score (nSPS) is 10.5. The molecule has 2 amide bonds. The van der Waals surface area contributed by atoms with Crippen molar-refractivity contribution in [2.45, 2.75) is 6.54 Å². The van der Waals surface area contributed by atoms with Crippen molar-refractivity contribution in [3.05, 3.63) is 76.2 Å². The molecule has 0 spiro atoms. The quantitative estimate of drug-likeness (QED) is 0.669. The number of halogens is 3. The fraction of sp³-hybridized carbons (Fsp3) is 0.0588. The van der Waals surface area contributed by atoms with Gasteiger partial charge in [0.05, 0.1) is 6.54 Å². The maximum Gasteiger partial charge on any atom is 0.324 e. The largest absolute Gasteiger partial charge is 0.324 e. The van der Waals surface area contributed by atoms with Crippen LogP contribution in [0.25, 0.3) is 0 Å². The minimum atomic E-state index is -0.514. The summed E-state index contributed by atoms with van der Waals surface area (Å²) >= 11 is 12.0. The van der Waals surface area contributed by atoms with Crippen molar-refractivity contribution in [1.29, 1.82) is 0 Å². The summed E-state index contributed by atoms with van der Waals surface area (Å²) in [7, 11) is 0. The molecule has 0 saturated carbocycles. The lowest BCUT2D eigenvalue weighted by atomic mass is 10.2. The van der Waals surface area contributed by atoms with Gasteiger partial charge in [-0.1, -0.05) is 47.5 Å². The Balaban J connectivity index is 1.68. The molecule has 128 valence electrons. The highest BCUT2D eigenvalue weighted by Crippen LogP contribution is 2.21. The highest BCUT2D eigenvalue weighted by molar-refractivity contribution is 6.33. The topological polar surface area (TPSA) is 59.0 Å². The maximum absolute atomic E-state index is 13.7. The molecule has 1 heterocycles. The van der Waals surface area contributed by atoms with Crippen LogP contribution in [-0.4, -0.2) is 15.8 Å². The number of carbonyl (C=O) groups is 1. The predicted molar refractivity (Wildman–Crippen MR) is 96.8 cm³/mol. The number of amides is 2. The molecule has 8 heteroatoms. The minimum Gasteiger partial charge on any atom is -0.308 e. The van der Waals surface area contributed by atoms with Crippen LogP contribution >= 0.6 is 23.2 Å².